The molecule has 3 aliphatic carbocycles. The van der Waals surface area contributed by atoms with Crippen LogP contribution >= 0.6 is 0 Å². The summed E-state index contributed by atoms with van der Waals surface area (Å²) in [5.41, 5.74) is 1.85. The number of methoxy groups -OCH3 is 1. The van der Waals surface area contributed by atoms with Crippen LogP contribution in [0.2, 0.25) is 0 Å². The molecule has 0 heterocycles. The Morgan fingerprint density at radius 1 is 1.43 bits per heavy atom. The Morgan fingerprint density at radius 2 is 2.22 bits per heavy atom. The lowest BCUT2D eigenvalue weighted by Crippen LogP contribution is -2.39. The van der Waals surface area contributed by atoms with E-state index in [9.17, 15) is 9.90 Å². The van der Waals surface area contributed by atoms with E-state index >= 15 is 0 Å². The number of carbonyl (C=O) groups is 1. The quantitative estimate of drug-likeness (QED) is 0.472. The molecule has 1 amide bonds. The third-order valence-electron chi connectivity index (χ3n) is 5.02. The first-order valence-electron chi connectivity index (χ1n) is 8.31. The summed E-state index contributed by atoms with van der Waals surface area (Å²) >= 11 is 0. The number of hydrogen-bond donors (Lipinski definition) is 2. The molecule has 132 valence electrons. The van der Waals surface area contributed by atoms with E-state index in [4.69, 9.17) is 14.2 Å². The van der Waals surface area contributed by atoms with E-state index in [1.54, 1.807) is 0 Å². The lowest BCUT2D eigenvalue weighted by atomic mass is 9.59. The SMILES string of the molecule is COCC(O)COCCNC(=O)OCCC1=CC2CC1C2(C)C. The van der Waals surface area contributed by atoms with Crippen molar-refractivity contribution in [1.82, 2.24) is 5.32 Å². The summed E-state index contributed by atoms with van der Waals surface area (Å²) in [4.78, 5) is 11.6. The zero-order chi connectivity index (χ0) is 16.9. The maximum Gasteiger partial charge on any atom is 0.407 e. The van der Waals surface area contributed by atoms with Crippen molar-refractivity contribution in [2.24, 2.45) is 17.3 Å². The van der Waals surface area contributed by atoms with Gasteiger partial charge in [0, 0.05) is 20.1 Å². The Morgan fingerprint density at radius 3 is 2.83 bits per heavy atom. The van der Waals surface area contributed by atoms with Crippen molar-refractivity contribution < 1.29 is 24.1 Å². The monoisotopic (exact) mass is 327 g/mol. The molecule has 3 rings (SSSR count). The number of nitrogens with one attached hydrogen (secondary N) is 1. The van der Waals surface area contributed by atoms with Gasteiger partial charge < -0.3 is 24.6 Å². The number of ether oxygens (including phenoxy) is 3. The summed E-state index contributed by atoms with van der Waals surface area (Å²) in [7, 11) is 1.52. The molecule has 0 saturated heterocycles. The van der Waals surface area contributed by atoms with Crippen LogP contribution in [0.25, 0.3) is 0 Å². The van der Waals surface area contributed by atoms with Gasteiger partial charge in [-0.2, -0.15) is 0 Å². The molecule has 0 aromatic heterocycles. The van der Waals surface area contributed by atoms with Crippen LogP contribution in [0.15, 0.2) is 11.6 Å². The van der Waals surface area contributed by atoms with Crippen LogP contribution in [0.4, 0.5) is 4.79 Å². The van der Waals surface area contributed by atoms with E-state index in [1.165, 1.54) is 19.1 Å². The van der Waals surface area contributed by atoms with Gasteiger partial charge in [0.15, 0.2) is 0 Å². The number of aliphatic hydroxyl groups excluding tert-OH is 1. The second-order valence-electron chi connectivity index (χ2n) is 6.95. The Kier molecular flexibility index (Phi) is 6.44. The lowest BCUT2D eigenvalue weighted by Gasteiger charge is -2.45. The maximum atomic E-state index is 11.6. The molecule has 6 heteroatoms. The van der Waals surface area contributed by atoms with Crippen molar-refractivity contribution in [3.05, 3.63) is 11.6 Å². The second-order valence-corrected chi connectivity index (χ2v) is 6.95. The number of carbonyl (C=O) groups excluding carboxylic acids is 1. The van der Waals surface area contributed by atoms with Crippen molar-refractivity contribution in [1.29, 1.82) is 0 Å². The van der Waals surface area contributed by atoms with Crippen LogP contribution in [0.5, 0.6) is 0 Å². The maximum absolute atomic E-state index is 11.6. The largest absolute Gasteiger partial charge is 0.449 e. The standard InChI is InChI=1S/C17H29NO5/c1-17(2)13-8-12(15(17)9-13)4-6-23-16(20)18-5-7-22-11-14(19)10-21-3/h8,13-15,19H,4-7,9-11H2,1-3H3,(H,18,20). The normalized spacial score (nSPS) is 25.5. The summed E-state index contributed by atoms with van der Waals surface area (Å²) in [6.07, 6.45) is 3.40. The fraction of sp³-hybridized carbons (Fsp3) is 0.824. The molecular formula is C17H29NO5. The predicted octanol–water partition coefficient (Wildman–Crippen LogP) is 1.73. The third kappa shape index (κ3) is 4.68. The fourth-order valence-electron chi connectivity index (χ4n) is 3.50. The first kappa shape index (κ1) is 18.2. The zero-order valence-electron chi connectivity index (χ0n) is 14.3. The fourth-order valence-corrected chi connectivity index (χ4v) is 3.50. The van der Waals surface area contributed by atoms with Gasteiger partial charge in [0.2, 0.25) is 0 Å². The smallest absolute Gasteiger partial charge is 0.407 e. The van der Waals surface area contributed by atoms with Gasteiger partial charge in [-0.15, -0.1) is 0 Å². The van der Waals surface area contributed by atoms with E-state index in [0.717, 1.165) is 6.42 Å². The number of alkyl carbamates (subject to hydrolysis) is 1. The number of allylic oxidation sites excluding steroid dienone is 1. The zero-order valence-corrected chi connectivity index (χ0v) is 14.3. The van der Waals surface area contributed by atoms with E-state index < -0.39 is 12.2 Å². The van der Waals surface area contributed by atoms with Crippen LogP contribution in [-0.4, -0.2) is 57.4 Å². The molecule has 0 aromatic rings. The molecule has 0 aliphatic heterocycles. The topological polar surface area (TPSA) is 77.0 Å². The predicted molar refractivity (Wildman–Crippen MR) is 86.1 cm³/mol. The number of amides is 1. The highest BCUT2D eigenvalue weighted by atomic mass is 16.5. The number of rotatable bonds is 10. The van der Waals surface area contributed by atoms with Gasteiger partial charge in [-0.3, -0.25) is 0 Å². The van der Waals surface area contributed by atoms with Gasteiger partial charge in [0.25, 0.3) is 0 Å². The van der Waals surface area contributed by atoms with E-state index in [-0.39, 0.29) is 13.2 Å². The molecule has 2 N–H and O–H groups in total. The summed E-state index contributed by atoms with van der Waals surface area (Å²) < 4.78 is 15.2. The number of hydrogen-bond acceptors (Lipinski definition) is 5. The van der Waals surface area contributed by atoms with Crippen LogP contribution in [-0.2, 0) is 14.2 Å². The van der Waals surface area contributed by atoms with Crippen LogP contribution in [0.3, 0.4) is 0 Å². The Bertz CT molecular complexity index is 435. The van der Waals surface area contributed by atoms with Gasteiger partial charge in [0.05, 0.1) is 26.4 Å². The first-order chi connectivity index (χ1) is 10.9. The molecule has 0 radical (unpaired) electrons. The van der Waals surface area contributed by atoms with E-state index in [0.29, 0.717) is 37.0 Å². The average molecular weight is 327 g/mol. The molecule has 3 unspecified atom stereocenters. The molecule has 3 atom stereocenters. The highest BCUT2D eigenvalue weighted by Crippen LogP contribution is 2.61. The summed E-state index contributed by atoms with van der Waals surface area (Å²) in [6, 6.07) is 0. The van der Waals surface area contributed by atoms with E-state index in [2.05, 4.69) is 25.2 Å². The van der Waals surface area contributed by atoms with Crippen molar-refractivity contribution in [3.63, 3.8) is 0 Å². The van der Waals surface area contributed by atoms with Crippen LogP contribution < -0.4 is 5.32 Å². The molecule has 0 aromatic carbocycles. The Hall–Kier alpha value is -1.11. The van der Waals surface area contributed by atoms with E-state index in [1.807, 2.05) is 0 Å². The minimum atomic E-state index is -0.637. The summed E-state index contributed by atoms with van der Waals surface area (Å²) in [5.74, 6) is 1.38. The molecule has 3 aliphatic rings. The lowest BCUT2D eigenvalue weighted by molar-refractivity contribution is -0.00512. The van der Waals surface area contributed by atoms with Crippen LogP contribution in [0.1, 0.15) is 26.7 Å². The molecule has 2 bridgehead atoms. The van der Waals surface area contributed by atoms with Gasteiger partial charge in [-0.05, 0) is 23.7 Å². The van der Waals surface area contributed by atoms with Gasteiger partial charge >= 0.3 is 6.09 Å². The van der Waals surface area contributed by atoms with Crippen LogP contribution in [0, 0.1) is 17.3 Å². The van der Waals surface area contributed by atoms with Crippen molar-refractivity contribution in [2.75, 3.05) is 40.1 Å². The highest BCUT2D eigenvalue weighted by Gasteiger charge is 2.52. The molecule has 0 spiro atoms. The average Bonchev–Trinajstić information content (AvgIpc) is 3.03. The number of aliphatic hydroxyl groups is 1. The van der Waals surface area contributed by atoms with Gasteiger partial charge in [0.1, 0.15) is 6.10 Å². The van der Waals surface area contributed by atoms with Crippen molar-refractivity contribution >= 4 is 6.09 Å². The molecular weight excluding hydrogens is 298 g/mol. The van der Waals surface area contributed by atoms with Crippen molar-refractivity contribution in [3.8, 4) is 0 Å². The highest BCUT2D eigenvalue weighted by molar-refractivity contribution is 5.67. The molecule has 1 fully saturated rings. The molecule has 6 nitrogen and oxygen atoms in total. The summed E-state index contributed by atoms with van der Waals surface area (Å²) in [5, 5.41) is 12.0. The molecule has 1 saturated carbocycles. The van der Waals surface area contributed by atoms with Gasteiger partial charge in [-0.1, -0.05) is 25.5 Å². The Labute approximate surface area is 138 Å². The summed E-state index contributed by atoms with van der Waals surface area (Å²) in [6.45, 7) is 6.17. The van der Waals surface area contributed by atoms with Gasteiger partial charge in [-0.25, -0.2) is 4.79 Å². The Balaban J connectivity index is 1.47. The van der Waals surface area contributed by atoms with Crippen molar-refractivity contribution in [2.45, 2.75) is 32.8 Å². The second kappa shape index (κ2) is 8.13. The molecule has 23 heavy (non-hydrogen) atoms. The third-order valence-corrected chi connectivity index (χ3v) is 5.02. The minimum absolute atomic E-state index is 0.192. The minimum Gasteiger partial charge on any atom is -0.449 e. The first-order valence-corrected chi connectivity index (χ1v) is 8.31.